The second-order valence-corrected chi connectivity index (χ2v) is 6.12. The summed E-state index contributed by atoms with van der Waals surface area (Å²) in [4.78, 5) is 13.7. The van der Waals surface area contributed by atoms with Gasteiger partial charge in [-0.1, -0.05) is 37.3 Å². The smallest absolute Gasteiger partial charge is 0.178 e. The first-order valence-corrected chi connectivity index (χ1v) is 8.89. The van der Waals surface area contributed by atoms with Gasteiger partial charge in [-0.3, -0.25) is 0 Å². The third kappa shape index (κ3) is 3.18. The summed E-state index contributed by atoms with van der Waals surface area (Å²) in [6, 6.07) is 14.2. The number of rotatable bonds is 7. The van der Waals surface area contributed by atoms with Gasteiger partial charge in [0, 0.05) is 13.1 Å². The molecule has 3 aromatic heterocycles. The molecule has 0 spiro atoms. The SMILES string of the molecule is CCCn1c(-c2ccco2)nc2c(NCCc3ccccc3)ncnc21. The Labute approximate surface area is 151 Å². The van der Waals surface area contributed by atoms with Gasteiger partial charge in [-0.05, 0) is 30.5 Å². The highest BCUT2D eigenvalue weighted by Gasteiger charge is 2.18. The highest BCUT2D eigenvalue weighted by atomic mass is 16.3. The van der Waals surface area contributed by atoms with Crippen LogP contribution in [0.4, 0.5) is 5.82 Å². The van der Waals surface area contributed by atoms with Gasteiger partial charge < -0.3 is 14.3 Å². The van der Waals surface area contributed by atoms with Crippen molar-refractivity contribution in [1.29, 1.82) is 0 Å². The largest absolute Gasteiger partial charge is 0.461 e. The van der Waals surface area contributed by atoms with Crippen LogP contribution in [0, 0.1) is 0 Å². The first-order valence-electron chi connectivity index (χ1n) is 8.89. The van der Waals surface area contributed by atoms with Crippen LogP contribution in [0.1, 0.15) is 18.9 Å². The number of fused-ring (bicyclic) bond motifs is 1. The van der Waals surface area contributed by atoms with E-state index < -0.39 is 0 Å². The average molecular weight is 347 g/mol. The zero-order chi connectivity index (χ0) is 17.8. The van der Waals surface area contributed by atoms with Gasteiger partial charge in [0.2, 0.25) is 0 Å². The molecule has 0 aliphatic carbocycles. The second kappa shape index (κ2) is 7.39. The van der Waals surface area contributed by atoms with E-state index in [0.717, 1.165) is 54.5 Å². The zero-order valence-electron chi connectivity index (χ0n) is 14.7. The Hall–Kier alpha value is -3.15. The molecule has 26 heavy (non-hydrogen) atoms. The van der Waals surface area contributed by atoms with Crippen molar-refractivity contribution in [2.45, 2.75) is 26.3 Å². The van der Waals surface area contributed by atoms with Crippen LogP contribution in [0.2, 0.25) is 0 Å². The molecule has 0 unspecified atom stereocenters. The van der Waals surface area contributed by atoms with Crippen LogP contribution in [-0.4, -0.2) is 26.1 Å². The number of furan rings is 1. The number of nitrogens with zero attached hydrogens (tertiary/aromatic N) is 4. The Kier molecular flexibility index (Phi) is 4.64. The van der Waals surface area contributed by atoms with Gasteiger partial charge in [-0.15, -0.1) is 0 Å². The molecule has 4 aromatic rings. The van der Waals surface area contributed by atoms with Crippen LogP contribution in [0.3, 0.4) is 0 Å². The third-order valence-corrected chi connectivity index (χ3v) is 4.27. The first kappa shape index (κ1) is 16.3. The first-order chi connectivity index (χ1) is 12.9. The van der Waals surface area contributed by atoms with Crippen LogP contribution in [0.25, 0.3) is 22.7 Å². The molecule has 0 fully saturated rings. The van der Waals surface area contributed by atoms with Crippen molar-refractivity contribution in [3.8, 4) is 11.6 Å². The molecule has 6 heteroatoms. The quantitative estimate of drug-likeness (QED) is 0.544. The summed E-state index contributed by atoms with van der Waals surface area (Å²) in [7, 11) is 0. The Morgan fingerprint density at radius 3 is 2.73 bits per heavy atom. The van der Waals surface area contributed by atoms with Crippen molar-refractivity contribution in [1.82, 2.24) is 19.5 Å². The number of aryl methyl sites for hydroxylation is 1. The van der Waals surface area contributed by atoms with Crippen molar-refractivity contribution in [2.75, 3.05) is 11.9 Å². The lowest BCUT2D eigenvalue weighted by Crippen LogP contribution is -2.07. The molecule has 0 atom stereocenters. The molecule has 3 heterocycles. The van der Waals surface area contributed by atoms with Gasteiger partial charge >= 0.3 is 0 Å². The fraction of sp³-hybridized carbons (Fsp3) is 0.250. The van der Waals surface area contributed by atoms with E-state index in [4.69, 9.17) is 9.40 Å². The lowest BCUT2D eigenvalue weighted by molar-refractivity contribution is 0.568. The molecular formula is C20H21N5O. The standard InChI is InChI=1S/C20H21N5O/c1-2-12-25-19(16-9-6-13-26-16)24-17-18(22-14-23-20(17)25)21-11-10-15-7-4-3-5-8-15/h3-9,13-14H,2,10-12H2,1H3,(H,21,22,23). The van der Waals surface area contributed by atoms with E-state index in [-0.39, 0.29) is 0 Å². The number of anilines is 1. The zero-order valence-corrected chi connectivity index (χ0v) is 14.7. The third-order valence-electron chi connectivity index (χ3n) is 4.27. The van der Waals surface area contributed by atoms with Gasteiger partial charge in [-0.2, -0.15) is 0 Å². The number of benzene rings is 1. The predicted octanol–water partition coefficient (Wildman–Crippen LogP) is 4.15. The molecule has 4 rings (SSSR count). The average Bonchev–Trinajstić information content (AvgIpc) is 3.32. The maximum atomic E-state index is 5.56. The molecule has 0 saturated carbocycles. The molecule has 0 saturated heterocycles. The van der Waals surface area contributed by atoms with E-state index >= 15 is 0 Å². The molecule has 0 aliphatic heterocycles. The van der Waals surface area contributed by atoms with E-state index in [2.05, 4.69) is 51.0 Å². The van der Waals surface area contributed by atoms with Gasteiger partial charge in [0.05, 0.1) is 6.26 Å². The number of hydrogen-bond acceptors (Lipinski definition) is 5. The fourth-order valence-electron chi connectivity index (χ4n) is 3.07. The van der Waals surface area contributed by atoms with E-state index in [1.165, 1.54) is 5.56 Å². The maximum Gasteiger partial charge on any atom is 0.178 e. The Bertz CT molecular complexity index is 976. The normalized spacial score (nSPS) is 11.1. The lowest BCUT2D eigenvalue weighted by Gasteiger charge is -2.07. The number of aromatic nitrogens is 4. The fourth-order valence-corrected chi connectivity index (χ4v) is 3.07. The van der Waals surface area contributed by atoms with Crippen molar-refractivity contribution in [2.24, 2.45) is 0 Å². The molecule has 0 bridgehead atoms. The van der Waals surface area contributed by atoms with Gasteiger partial charge in [0.1, 0.15) is 6.33 Å². The Morgan fingerprint density at radius 2 is 1.96 bits per heavy atom. The highest BCUT2D eigenvalue weighted by Crippen LogP contribution is 2.27. The minimum absolute atomic E-state index is 0.742. The van der Waals surface area contributed by atoms with Crippen LogP contribution < -0.4 is 5.32 Å². The minimum atomic E-state index is 0.742. The summed E-state index contributed by atoms with van der Waals surface area (Å²) in [6.45, 7) is 3.75. The lowest BCUT2D eigenvalue weighted by atomic mass is 10.1. The maximum absolute atomic E-state index is 5.56. The summed E-state index contributed by atoms with van der Waals surface area (Å²) in [5.41, 5.74) is 2.90. The predicted molar refractivity (Wildman–Crippen MR) is 102 cm³/mol. The summed E-state index contributed by atoms with van der Waals surface area (Å²) >= 11 is 0. The second-order valence-electron chi connectivity index (χ2n) is 6.12. The number of hydrogen-bond donors (Lipinski definition) is 1. The monoisotopic (exact) mass is 347 g/mol. The Morgan fingerprint density at radius 1 is 1.08 bits per heavy atom. The van der Waals surface area contributed by atoms with Crippen molar-refractivity contribution in [3.05, 3.63) is 60.6 Å². The van der Waals surface area contributed by atoms with E-state index in [0.29, 0.717) is 0 Å². The number of nitrogens with one attached hydrogen (secondary N) is 1. The van der Waals surface area contributed by atoms with Crippen LogP contribution in [0.15, 0.2) is 59.5 Å². The molecule has 132 valence electrons. The highest BCUT2D eigenvalue weighted by molar-refractivity contribution is 5.85. The van der Waals surface area contributed by atoms with E-state index in [1.54, 1.807) is 12.6 Å². The molecule has 0 radical (unpaired) electrons. The van der Waals surface area contributed by atoms with Gasteiger partial charge in [-0.25, -0.2) is 15.0 Å². The van der Waals surface area contributed by atoms with Crippen LogP contribution in [-0.2, 0) is 13.0 Å². The van der Waals surface area contributed by atoms with Crippen molar-refractivity contribution in [3.63, 3.8) is 0 Å². The Balaban J connectivity index is 1.64. The minimum Gasteiger partial charge on any atom is -0.461 e. The molecule has 1 aromatic carbocycles. The summed E-state index contributed by atoms with van der Waals surface area (Å²) < 4.78 is 7.66. The van der Waals surface area contributed by atoms with E-state index in [9.17, 15) is 0 Å². The van der Waals surface area contributed by atoms with Crippen LogP contribution >= 0.6 is 0 Å². The number of imidazole rings is 1. The topological polar surface area (TPSA) is 68.8 Å². The molecular weight excluding hydrogens is 326 g/mol. The molecule has 6 nitrogen and oxygen atoms in total. The van der Waals surface area contributed by atoms with Crippen molar-refractivity contribution < 1.29 is 4.42 Å². The molecule has 0 aliphatic rings. The van der Waals surface area contributed by atoms with Crippen LogP contribution in [0.5, 0.6) is 0 Å². The molecule has 1 N–H and O–H groups in total. The van der Waals surface area contributed by atoms with Crippen molar-refractivity contribution >= 4 is 17.0 Å². The summed E-state index contributed by atoms with van der Waals surface area (Å²) in [5, 5.41) is 3.41. The van der Waals surface area contributed by atoms with Gasteiger partial charge in [0.15, 0.2) is 28.6 Å². The summed E-state index contributed by atoms with van der Waals surface area (Å²) in [6.07, 6.45) is 5.16. The molecule has 0 amide bonds. The summed E-state index contributed by atoms with van der Waals surface area (Å²) in [5.74, 6) is 2.29. The van der Waals surface area contributed by atoms with Gasteiger partial charge in [0.25, 0.3) is 0 Å². The van der Waals surface area contributed by atoms with E-state index in [1.807, 2.05) is 18.2 Å².